The molecule has 0 fully saturated rings. The van der Waals surface area contributed by atoms with Gasteiger partial charge >= 0.3 is 0 Å². The largest absolute Gasteiger partial charge is 0.314 e. The van der Waals surface area contributed by atoms with E-state index < -0.39 is 0 Å². The standard InChI is InChI=1S/C11H16BrNOS/c1-8(2)13-5-3-9(14)7-11-10(12)4-6-15-11/h4,6,8,13H,3,5,7H2,1-2H3. The predicted molar refractivity (Wildman–Crippen MR) is 68.5 cm³/mol. The molecule has 0 saturated carbocycles. The van der Waals surface area contributed by atoms with Gasteiger partial charge in [0.15, 0.2) is 0 Å². The van der Waals surface area contributed by atoms with Crippen molar-refractivity contribution in [2.24, 2.45) is 0 Å². The van der Waals surface area contributed by atoms with Gasteiger partial charge in [0.2, 0.25) is 0 Å². The van der Waals surface area contributed by atoms with Crippen molar-refractivity contribution in [1.82, 2.24) is 5.32 Å². The Labute approximate surface area is 103 Å². The maximum absolute atomic E-state index is 11.6. The number of Topliss-reactive ketones (excluding diaryl/α,β-unsaturated/α-hetero) is 1. The molecule has 2 nitrogen and oxygen atoms in total. The summed E-state index contributed by atoms with van der Waals surface area (Å²) in [4.78, 5) is 12.7. The van der Waals surface area contributed by atoms with E-state index >= 15 is 0 Å². The SMILES string of the molecule is CC(C)NCCC(=O)Cc1sccc1Br. The van der Waals surface area contributed by atoms with Crippen molar-refractivity contribution >= 4 is 33.0 Å². The van der Waals surface area contributed by atoms with E-state index in [2.05, 4.69) is 35.1 Å². The van der Waals surface area contributed by atoms with Crippen LogP contribution in [0.15, 0.2) is 15.9 Å². The van der Waals surface area contributed by atoms with Gasteiger partial charge in [-0.3, -0.25) is 4.79 Å². The fraction of sp³-hybridized carbons (Fsp3) is 0.545. The maximum atomic E-state index is 11.6. The number of nitrogens with one attached hydrogen (secondary N) is 1. The van der Waals surface area contributed by atoms with Crippen LogP contribution < -0.4 is 5.32 Å². The van der Waals surface area contributed by atoms with E-state index in [1.165, 1.54) is 0 Å². The molecule has 0 saturated heterocycles. The van der Waals surface area contributed by atoms with E-state index in [0.29, 0.717) is 24.7 Å². The molecule has 0 aliphatic carbocycles. The van der Waals surface area contributed by atoms with Gasteiger partial charge in [-0.25, -0.2) is 0 Å². The van der Waals surface area contributed by atoms with Crippen LogP contribution in [0.25, 0.3) is 0 Å². The number of carbonyl (C=O) groups excluding carboxylic acids is 1. The highest BCUT2D eigenvalue weighted by molar-refractivity contribution is 9.10. The van der Waals surface area contributed by atoms with Gasteiger partial charge < -0.3 is 5.32 Å². The van der Waals surface area contributed by atoms with Crippen molar-refractivity contribution < 1.29 is 4.79 Å². The number of hydrogen-bond acceptors (Lipinski definition) is 3. The average Bonchev–Trinajstić information content (AvgIpc) is 2.51. The Bertz CT molecular complexity index is 322. The molecule has 0 spiro atoms. The zero-order valence-corrected chi connectivity index (χ0v) is 11.5. The molecular weight excluding hydrogens is 274 g/mol. The molecule has 0 amide bonds. The molecule has 0 aliphatic rings. The fourth-order valence-corrected chi connectivity index (χ4v) is 2.74. The predicted octanol–water partition coefficient (Wildman–Crippen LogP) is 3.01. The monoisotopic (exact) mass is 289 g/mol. The molecule has 0 bridgehead atoms. The lowest BCUT2D eigenvalue weighted by molar-refractivity contribution is -0.118. The second kappa shape index (κ2) is 6.40. The highest BCUT2D eigenvalue weighted by Crippen LogP contribution is 2.23. The third-order valence-electron chi connectivity index (χ3n) is 2.01. The molecule has 15 heavy (non-hydrogen) atoms. The van der Waals surface area contributed by atoms with Gasteiger partial charge in [-0.2, -0.15) is 0 Å². The van der Waals surface area contributed by atoms with Gasteiger partial charge in [-0.15, -0.1) is 11.3 Å². The molecule has 0 unspecified atom stereocenters. The summed E-state index contributed by atoms with van der Waals surface area (Å²) in [6.45, 7) is 4.94. The summed E-state index contributed by atoms with van der Waals surface area (Å²) in [5.41, 5.74) is 0. The van der Waals surface area contributed by atoms with E-state index in [1.54, 1.807) is 11.3 Å². The Hall–Kier alpha value is -0.190. The quantitative estimate of drug-likeness (QED) is 0.872. The smallest absolute Gasteiger partial charge is 0.139 e. The van der Waals surface area contributed by atoms with Crippen molar-refractivity contribution in [3.05, 3.63) is 20.8 Å². The van der Waals surface area contributed by atoms with E-state index in [-0.39, 0.29) is 0 Å². The first-order valence-electron chi connectivity index (χ1n) is 5.06. The van der Waals surface area contributed by atoms with Gasteiger partial charge in [-0.05, 0) is 27.4 Å². The third-order valence-corrected chi connectivity index (χ3v) is 3.93. The Balaban J connectivity index is 2.28. The molecule has 1 rings (SSSR count). The fourth-order valence-electron chi connectivity index (χ4n) is 1.22. The van der Waals surface area contributed by atoms with E-state index in [9.17, 15) is 4.79 Å². The molecule has 1 N–H and O–H groups in total. The number of carbonyl (C=O) groups is 1. The van der Waals surface area contributed by atoms with E-state index in [4.69, 9.17) is 0 Å². The molecule has 1 heterocycles. The second-order valence-corrected chi connectivity index (χ2v) is 5.62. The van der Waals surface area contributed by atoms with Crippen molar-refractivity contribution in [2.75, 3.05) is 6.54 Å². The second-order valence-electron chi connectivity index (χ2n) is 3.77. The summed E-state index contributed by atoms with van der Waals surface area (Å²) in [7, 11) is 0. The molecule has 0 aliphatic heterocycles. The minimum absolute atomic E-state index is 0.298. The van der Waals surface area contributed by atoms with Gasteiger partial charge in [-0.1, -0.05) is 13.8 Å². The zero-order chi connectivity index (χ0) is 11.3. The first-order valence-corrected chi connectivity index (χ1v) is 6.74. The Morgan fingerprint density at radius 2 is 2.33 bits per heavy atom. The Morgan fingerprint density at radius 3 is 2.87 bits per heavy atom. The highest BCUT2D eigenvalue weighted by Gasteiger charge is 2.07. The molecule has 1 aromatic heterocycles. The number of thiophene rings is 1. The van der Waals surface area contributed by atoms with Crippen LogP contribution in [-0.2, 0) is 11.2 Å². The minimum atomic E-state index is 0.298. The van der Waals surface area contributed by atoms with Crippen LogP contribution in [0.5, 0.6) is 0 Å². The lowest BCUT2D eigenvalue weighted by atomic mass is 10.2. The maximum Gasteiger partial charge on any atom is 0.139 e. The van der Waals surface area contributed by atoms with E-state index in [1.807, 2.05) is 11.4 Å². The number of hydrogen-bond donors (Lipinski definition) is 1. The molecule has 1 aromatic rings. The Kier molecular flexibility index (Phi) is 5.50. The highest BCUT2D eigenvalue weighted by atomic mass is 79.9. The van der Waals surface area contributed by atoms with Crippen LogP contribution >= 0.6 is 27.3 Å². The molecule has 0 atom stereocenters. The molecular formula is C11H16BrNOS. The number of rotatable bonds is 6. The van der Waals surface area contributed by atoms with Crippen molar-refractivity contribution in [3.8, 4) is 0 Å². The lowest BCUT2D eigenvalue weighted by Crippen LogP contribution is -2.25. The van der Waals surface area contributed by atoms with Gasteiger partial charge in [0, 0.05) is 34.8 Å². The van der Waals surface area contributed by atoms with Crippen LogP contribution in [0, 0.1) is 0 Å². The molecule has 0 aromatic carbocycles. The van der Waals surface area contributed by atoms with Crippen LogP contribution in [0.3, 0.4) is 0 Å². The van der Waals surface area contributed by atoms with E-state index in [0.717, 1.165) is 15.9 Å². The first-order chi connectivity index (χ1) is 7.09. The molecule has 4 heteroatoms. The minimum Gasteiger partial charge on any atom is -0.314 e. The molecule has 0 radical (unpaired) electrons. The summed E-state index contributed by atoms with van der Waals surface area (Å²) < 4.78 is 1.05. The summed E-state index contributed by atoms with van der Waals surface area (Å²) in [6.07, 6.45) is 1.17. The third kappa shape index (κ3) is 4.91. The van der Waals surface area contributed by atoms with Crippen molar-refractivity contribution in [1.29, 1.82) is 0 Å². The van der Waals surface area contributed by atoms with Gasteiger partial charge in [0.05, 0.1) is 0 Å². The van der Waals surface area contributed by atoms with Crippen LogP contribution in [0.2, 0.25) is 0 Å². The van der Waals surface area contributed by atoms with Crippen LogP contribution in [0.1, 0.15) is 25.1 Å². The lowest BCUT2D eigenvalue weighted by Gasteiger charge is -2.06. The number of halogens is 1. The Morgan fingerprint density at radius 1 is 1.60 bits per heavy atom. The molecule has 84 valence electrons. The summed E-state index contributed by atoms with van der Waals surface area (Å²) in [5.74, 6) is 0.298. The number of ketones is 1. The van der Waals surface area contributed by atoms with Crippen LogP contribution in [-0.4, -0.2) is 18.4 Å². The normalized spacial score (nSPS) is 10.9. The van der Waals surface area contributed by atoms with Gasteiger partial charge in [0.1, 0.15) is 5.78 Å². The summed E-state index contributed by atoms with van der Waals surface area (Å²) >= 11 is 5.06. The average molecular weight is 290 g/mol. The summed E-state index contributed by atoms with van der Waals surface area (Å²) in [5, 5.41) is 5.24. The topological polar surface area (TPSA) is 29.1 Å². The van der Waals surface area contributed by atoms with Crippen molar-refractivity contribution in [3.63, 3.8) is 0 Å². The van der Waals surface area contributed by atoms with Gasteiger partial charge in [0.25, 0.3) is 0 Å². The first kappa shape index (κ1) is 12.9. The van der Waals surface area contributed by atoms with Crippen molar-refractivity contribution in [2.45, 2.75) is 32.7 Å². The zero-order valence-electron chi connectivity index (χ0n) is 9.05. The summed E-state index contributed by atoms with van der Waals surface area (Å²) in [6, 6.07) is 2.44. The van der Waals surface area contributed by atoms with Crippen LogP contribution in [0.4, 0.5) is 0 Å².